The molecule has 0 spiro atoms. The number of nitrogens with zero attached hydrogens (tertiary/aromatic N) is 1. The topological polar surface area (TPSA) is 111 Å². The van der Waals surface area contributed by atoms with E-state index in [1.807, 2.05) is 27.7 Å². The molecule has 3 rings (SSSR count). The van der Waals surface area contributed by atoms with E-state index in [-0.39, 0.29) is 33.7 Å². The van der Waals surface area contributed by atoms with Gasteiger partial charge in [0.2, 0.25) is 0 Å². The Morgan fingerprint density at radius 3 is 2.39 bits per heavy atom. The molecule has 1 fully saturated rings. The third kappa shape index (κ3) is 5.58. The van der Waals surface area contributed by atoms with Crippen LogP contribution >= 0.6 is 11.6 Å². The van der Waals surface area contributed by atoms with E-state index < -0.39 is 15.9 Å². The molecular weight excluding hydrogens is 442 g/mol. The molecule has 1 aromatic heterocycles. The van der Waals surface area contributed by atoms with E-state index in [0.717, 1.165) is 0 Å². The van der Waals surface area contributed by atoms with Crippen LogP contribution in [-0.4, -0.2) is 38.7 Å². The van der Waals surface area contributed by atoms with Crippen molar-refractivity contribution < 1.29 is 22.5 Å². The van der Waals surface area contributed by atoms with Gasteiger partial charge < -0.3 is 14.6 Å². The van der Waals surface area contributed by atoms with Gasteiger partial charge in [-0.25, -0.2) is 8.42 Å². The fraction of sp³-hybridized carbons (Fsp3) is 0.524. The van der Waals surface area contributed by atoms with E-state index in [4.69, 9.17) is 20.9 Å². The molecular formula is C21H28ClN3O5S. The zero-order valence-corrected chi connectivity index (χ0v) is 19.6. The first kappa shape index (κ1) is 23.6. The van der Waals surface area contributed by atoms with Gasteiger partial charge in [0.15, 0.2) is 11.5 Å². The van der Waals surface area contributed by atoms with Gasteiger partial charge >= 0.3 is 0 Å². The second-order valence-corrected chi connectivity index (χ2v) is 10.9. The van der Waals surface area contributed by atoms with Crippen LogP contribution in [0.3, 0.4) is 0 Å². The lowest BCUT2D eigenvalue weighted by Gasteiger charge is -2.27. The summed E-state index contributed by atoms with van der Waals surface area (Å²) in [6.45, 7) is 8.93. The van der Waals surface area contributed by atoms with Crippen LogP contribution < -0.4 is 10.0 Å². The summed E-state index contributed by atoms with van der Waals surface area (Å²) >= 11 is 5.88. The number of carbonyl (C=O) groups excluding carboxylic acids is 1. The summed E-state index contributed by atoms with van der Waals surface area (Å²) in [5, 5.41) is 7.25. The maximum atomic E-state index is 13.0. The molecule has 10 heteroatoms. The monoisotopic (exact) mass is 469 g/mol. The van der Waals surface area contributed by atoms with Crippen LogP contribution in [0.25, 0.3) is 0 Å². The first-order valence-corrected chi connectivity index (χ1v) is 12.0. The summed E-state index contributed by atoms with van der Waals surface area (Å²) in [5.74, 6) is -0.265. The Labute approximate surface area is 187 Å². The van der Waals surface area contributed by atoms with Gasteiger partial charge in [0, 0.05) is 30.2 Å². The molecule has 0 aliphatic carbocycles. The van der Waals surface area contributed by atoms with Crippen LogP contribution in [0.15, 0.2) is 33.7 Å². The number of hydrogen-bond donors (Lipinski definition) is 2. The van der Waals surface area contributed by atoms with Crippen LogP contribution in [-0.2, 0) is 14.8 Å². The Balaban J connectivity index is 1.97. The highest BCUT2D eigenvalue weighted by molar-refractivity contribution is 7.92. The van der Waals surface area contributed by atoms with Crippen molar-refractivity contribution in [3.05, 3.63) is 40.7 Å². The Bertz CT molecular complexity index is 1020. The van der Waals surface area contributed by atoms with Crippen molar-refractivity contribution in [3.63, 3.8) is 0 Å². The molecule has 0 bridgehead atoms. The van der Waals surface area contributed by atoms with Crippen molar-refractivity contribution in [2.24, 2.45) is 5.41 Å². The molecule has 8 nitrogen and oxygen atoms in total. The molecule has 0 radical (unpaired) electrons. The standard InChI is InChI=1S/C21H28ClN3O5S/c1-13(21(2,3)4)23-20(26)18-17(19(30-24-18)14-9-11-29-12-10-14)25-31(27,28)16-7-5-15(22)6-8-16/h5-8,13-14,25H,9-12H2,1-4H3,(H,23,26). The Morgan fingerprint density at radius 1 is 1.19 bits per heavy atom. The average Bonchev–Trinajstić information content (AvgIpc) is 3.11. The first-order chi connectivity index (χ1) is 14.5. The highest BCUT2D eigenvalue weighted by atomic mass is 35.5. The zero-order chi connectivity index (χ0) is 22.8. The Kier molecular flexibility index (Phi) is 6.98. The molecule has 2 heterocycles. The summed E-state index contributed by atoms with van der Waals surface area (Å²) in [4.78, 5) is 13.0. The average molecular weight is 470 g/mol. The number of halogens is 1. The van der Waals surface area contributed by atoms with Crippen LogP contribution in [0, 0.1) is 5.41 Å². The van der Waals surface area contributed by atoms with Crippen LogP contribution in [0.2, 0.25) is 5.02 Å². The third-order valence-corrected chi connectivity index (χ3v) is 7.15. The van der Waals surface area contributed by atoms with Crippen molar-refractivity contribution in [2.45, 2.75) is 57.4 Å². The molecule has 31 heavy (non-hydrogen) atoms. The van der Waals surface area contributed by atoms with Crippen LogP contribution in [0.5, 0.6) is 0 Å². The summed E-state index contributed by atoms with van der Waals surface area (Å²) < 4.78 is 39.5. The van der Waals surface area contributed by atoms with E-state index in [0.29, 0.717) is 36.8 Å². The van der Waals surface area contributed by atoms with Crippen molar-refractivity contribution in [2.75, 3.05) is 17.9 Å². The molecule has 1 aromatic carbocycles. The SMILES string of the molecule is CC(NC(=O)c1noc(C2CCOCC2)c1NS(=O)(=O)c1ccc(Cl)cc1)C(C)(C)C. The van der Waals surface area contributed by atoms with Crippen molar-refractivity contribution in [3.8, 4) is 0 Å². The number of ether oxygens (including phenoxy) is 1. The number of sulfonamides is 1. The van der Waals surface area contributed by atoms with E-state index in [2.05, 4.69) is 15.2 Å². The quantitative estimate of drug-likeness (QED) is 0.656. The molecule has 1 saturated heterocycles. The van der Waals surface area contributed by atoms with E-state index in [9.17, 15) is 13.2 Å². The first-order valence-electron chi connectivity index (χ1n) is 10.2. The van der Waals surface area contributed by atoms with Gasteiger partial charge in [-0.15, -0.1) is 0 Å². The van der Waals surface area contributed by atoms with Gasteiger partial charge in [0.1, 0.15) is 5.69 Å². The largest absolute Gasteiger partial charge is 0.381 e. The number of amides is 1. The normalized spacial score (nSPS) is 16.7. The van der Waals surface area contributed by atoms with E-state index >= 15 is 0 Å². The summed E-state index contributed by atoms with van der Waals surface area (Å²) in [7, 11) is -3.99. The third-order valence-electron chi connectivity index (χ3n) is 5.53. The second kappa shape index (κ2) is 9.18. The van der Waals surface area contributed by atoms with Gasteiger partial charge in [0.05, 0.1) is 4.90 Å². The van der Waals surface area contributed by atoms with Gasteiger partial charge in [-0.1, -0.05) is 37.5 Å². The Morgan fingerprint density at radius 2 is 1.81 bits per heavy atom. The minimum Gasteiger partial charge on any atom is -0.381 e. The van der Waals surface area contributed by atoms with Crippen molar-refractivity contribution >= 4 is 33.2 Å². The minimum absolute atomic E-state index is 0.0189. The highest BCUT2D eigenvalue weighted by Gasteiger charge is 2.33. The number of aromatic nitrogens is 1. The summed E-state index contributed by atoms with van der Waals surface area (Å²) in [6.07, 6.45) is 1.29. The molecule has 1 aliphatic rings. The molecule has 1 aliphatic heterocycles. The molecule has 1 atom stereocenters. The van der Waals surface area contributed by atoms with Crippen molar-refractivity contribution in [1.29, 1.82) is 0 Å². The maximum Gasteiger partial charge on any atom is 0.275 e. The molecule has 170 valence electrons. The molecule has 1 unspecified atom stereocenters. The predicted octanol–water partition coefficient (Wildman–Crippen LogP) is 4.19. The lowest BCUT2D eigenvalue weighted by Crippen LogP contribution is -2.41. The lowest BCUT2D eigenvalue weighted by atomic mass is 9.88. The maximum absolute atomic E-state index is 13.0. The van der Waals surface area contributed by atoms with Gasteiger partial charge in [-0.2, -0.15) is 0 Å². The molecule has 1 amide bonds. The number of anilines is 1. The Hall–Kier alpha value is -2.10. The minimum atomic E-state index is -3.99. The number of rotatable bonds is 6. The smallest absolute Gasteiger partial charge is 0.275 e. The number of benzene rings is 1. The fourth-order valence-corrected chi connectivity index (χ4v) is 4.29. The molecule has 0 saturated carbocycles. The van der Waals surface area contributed by atoms with Gasteiger partial charge in [-0.3, -0.25) is 9.52 Å². The summed E-state index contributed by atoms with van der Waals surface area (Å²) in [5.41, 5.74) is -0.207. The van der Waals surface area contributed by atoms with Crippen molar-refractivity contribution in [1.82, 2.24) is 10.5 Å². The number of nitrogens with one attached hydrogen (secondary N) is 2. The number of hydrogen-bond acceptors (Lipinski definition) is 6. The van der Waals surface area contributed by atoms with Gasteiger partial charge in [0.25, 0.3) is 15.9 Å². The molecule has 2 aromatic rings. The predicted molar refractivity (Wildman–Crippen MR) is 118 cm³/mol. The molecule has 2 N–H and O–H groups in total. The second-order valence-electron chi connectivity index (χ2n) is 8.78. The highest BCUT2D eigenvalue weighted by Crippen LogP contribution is 2.36. The zero-order valence-electron chi connectivity index (χ0n) is 18.1. The fourth-order valence-electron chi connectivity index (χ4n) is 3.08. The lowest BCUT2D eigenvalue weighted by molar-refractivity contribution is 0.0791. The van der Waals surface area contributed by atoms with E-state index in [1.54, 1.807) is 0 Å². The van der Waals surface area contributed by atoms with E-state index in [1.165, 1.54) is 24.3 Å². The van der Waals surface area contributed by atoms with Crippen LogP contribution in [0.1, 0.15) is 62.7 Å². The summed E-state index contributed by atoms with van der Waals surface area (Å²) in [6, 6.07) is 5.59. The van der Waals surface area contributed by atoms with Gasteiger partial charge in [-0.05, 0) is 49.4 Å². The van der Waals surface area contributed by atoms with Crippen LogP contribution in [0.4, 0.5) is 5.69 Å². The number of carbonyl (C=O) groups is 1.